The van der Waals surface area contributed by atoms with Gasteiger partial charge < -0.3 is 0 Å². The second-order valence-corrected chi connectivity index (χ2v) is 6.19. The molecule has 0 N–H and O–H groups in total. The largest absolute Gasteiger partial charge is 0.297 e. The van der Waals surface area contributed by atoms with E-state index in [-0.39, 0.29) is 0 Å². The number of hydrogen-bond donors (Lipinski definition) is 1. The molecule has 3 nitrogen and oxygen atoms in total. The molecular weight excluding hydrogens is 242 g/mol. The Morgan fingerprint density at radius 2 is 1.81 bits per heavy atom. The molecule has 1 aromatic carbocycles. The molecule has 5 heteroatoms. The molecule has 90 valence electrons. The molecular formula is C11H17NO2S2. The average Bonchev–Trinajstić information content (AvgIpc) is 2.25. The van der Waals surface area contributed by atoms with Crippen LogP contribution in [0.3, 0.4) is 0 Å². The zero-order valence-corrected chi connectivity index (χ0v) is 11.3. The van der Waals surface area contributed by atoms with Gasteiger partial charge in [0, 0.05) is 18.7 Å². The van der Waals surface area contributed by atoms with Gasteiger partial charge in [-0.25, -0.2) is 8.42 Å². The van der Waals surface area contributed by atoms with Crippen LogP contribution in [0.2, 0.25) is 0 Å². The van der Waals surface area contributed by atoms with Crippen LogP contribution in [0.15, 0.2) is 29.2 Å². The Balaban J connectivity index is 2.66. The first-order chi connectivity index (χ1) is 7.43. The highest BCUT2D eigenvalue weighted by atomic mass is 32.2. The van der Waals surface area contributed by atoms with Crippen molar-refractivity contribution in [1.82, 2.24) is 4.90 Å². The van der Waals surface area contributed by atoms with Gasteiger partial charge in [0.25, 0.3) is 0 Å². The van der Waals surface area contributed by atoms with E-state index in [1.165, 1.54) is 6.26 Å². The topological polar surface area (TPSA) is 37.4 Å². The lowest BCUT2D eigenvalue weighted by Crippen LogP contribution is -2.19. The van der Waals surface area contributed by atoms with E-state index < -0.39 is 9.84 Å². The Bertz CT molecular complexity index is 426. The van der Waals surface area contributed by atoms with Gasteiger partial charge >= 0.3 is 0 Å². The van der Waals surface area contributed by atoms with Gasteiger partial charge in [0.1, 0.15) is 0 Å². The van der Waals surface area contributed by atoms with Crippen molar-refractivity contribution < 1.29 is 8.42 Å². The first kappa shape index (κ1) is 13.5. The normalized spacial score (nSPS) is 12.0. The average molecular weight is 259 g/mol. The van der Waals surface area contributed by atoms with Crippen molar-refractivity contribution >= 4 is 22.5 Å². The van der Waals surface area contributed by atoms with Gasteiger partial charge in [-0.05, 0) is 31.2 Å². The first-order valence-corrected chi connectivity index (χ1v) is 7.54. The highest BCUT2D eigenvalue weighted by Crippen LogP contribution is 2.10. The molecule has 0 radical (unpaired) electrons. The Morgan fingerprint density at radius 1 is 1.25 bits per heavy atom. The summed E-state index contributed by atoms with van der Waals surface area (Å²) in [5.74, 6) is 0.724. The zero-order chi connectivity index (χ0) is 12.2. The van der Waals surface area contributed by atoms with E-state index in [1.807, 2.05) is 19.2 Å². The molecule has 0 spiro atoms. The van der Waals surface area contributed by atoms with Crippen LogP contribution < -0.4 is 0 Å². The predicted octanol–water partition coefficient (Wildman–Crippen LogP) is 1.45. The van der Waals surface area contributed by atoms with Gasteiger partial charge in [0.05, 0.1) is 4.90 Å². The first-order valence-electron chi connectivity index (χ1n) is 5.02. The van der Waals surface area contributed by atoms with Crippen molar-refractivity contribution in [3.05, 3.63) is 29.8 Å². The number of thiol groups is 1. The summed E-state index contributed by atoms with van der Waals surface area (Å²) in [5, 5.41) is 0. The minimum atomic E-state index is -3.08. The van der Waals surface area contributed by atoms with Gasteiger partial charge in [0.2, 0.25) is 0 Å². The molecule has 0 saturated carbocycles. The van der Waals surface area contributed by atoms with Crippen molar-refractivity contribution in [3.63, 3.8) is 0 Å². The van der Waals surface area contributed by atoms with Crippen LogP contribution >= 0.6 is 12.6 Å². The summed E-state index contributed by atoms with van der Waals surface area (Å²) in [6.07, 6.45) is 2.12. The van der Waals surface area contributed by atoms with E-state index in [9.17, 15) is 8.42 Å². The van der Waals surface area contributed by atoms with Crippen LogP contribution in [0.1, 0.15) is 5.56 Å². The van der Waals surface area contributed by atoms with Crippen LogP contribution in [0.25, 0.3) is 0 Å². The Labute approximate surface area is 103 Å². The molecule has 16 heavy (non-hydrogen) atoms. The molecule has 0 atom stereocenters. The smallest absolute Gasteiger partial charge is 0.175 e. The minimum Gasteiger partial charge on any atom is -0.297 e. The summed E-state index contributed by atoms with van der Waals surface area (Å²) < 4.78 is 22.5. The highest BCUT2D eigenvalue weighted by molar-refractivity contribution is 7.90. The third-order valence-corrected chi connectivity index (χ3v) is 3.99. The summed E-state index contributed by atoms with van der Waals surface area (Å²) in [7, 11) is -1.08. The van der Waals surface area contributed by atoms with Crippen LogP contribution in [-0.2, 0) is 16.3 Å². The molecule has 0 aliphatic heterocycles. The number of hydrogen-bond acceptors (Lipinski definition) is 4. The third kappa shape index (κ3) is 4.15. The van der Waals surface area contributed by atoms with Gasteiger partial charge in [-0.3, -0.25) is 4.90 Å². The lowest BCUT2D eigenvalue weighted by Gasteiger charge is -2.12. The fraction of sp³-hybridized carbons (Fsp3) is 0.455. The summed E-state index contributed by atoms with van der Waals surface area (Å²) in [4.78, 5) is 2.46. The fourth-order valence-electron chi connectivity index (χ4n) is 1.29. The van der Waals surface area contributed by atoms with Crippen molar-refractivity contribution in [1.29, 1.82) is 0 Å². The molecule has 0 bridgehead atoms. The number of nitrogens with zero attached hydrogens (tertiary/aromatic N) is 1. The third-order valence-electron chi connectivity index (χ3n) is 2.38. The van der Waals surface area contributed by atoms with E-state index in [0.29, 0.717) is 4.90 Å². The zero-order valence-electron chi connectivity index (χ0n) is 9.55. The van der Waals surface area contributed by atoms with E-state index in [2.05, 4.69) is 17.5 Å². The molecule has 1 rings (SSSR count). The molecule has 0 unspecified atom stereocenters. The van der Waals surface area contributed by atoms with Crippen LogP contribution in [0.4, 0.5) is 0 Å². The highest BCUT2D eigenvalue weighted by Gasteiger charge is 2.06. The van der Waals surface area contributed by atoms with Crippen LogP contribution in [-0.4, -0.2) is 39.0 Å². The molecule has 0 amide bonds. The second kappa shape index (κ2) is 5.70. The van der Waals surface area contributed by atoms with E-state index in [1.54, 1.807) is 12.1 Å². The quantitative estimate of drug-likeness (QED) is 0.642. The van der Waals surface area contributed by atoms with E-state index in [4.69, 9.17) is 0 Å². The lowest BCUT2D eigenvalue weighted by molar-refractivity contribution is 0.399. The molecule has 0 aliphatic rings. The molecule has 0 heterocycles. The van der Waals surface area contributed by atoms with Crippen molar-refractivity contribution in [2.75, 3.05) is 25.7 Å². The number of benzene rings is 1. The van der Waals surface area contributed by atoms with Crippen LogP contribution in [0.5, 0.6) is 0 Å². The maximum atomic E-state index is 11.2. The number of rotatable bonds is 5. The fourth-order valence-corrected chi connectivity index (χ4v) is 2.07. The molecule has 1 aromatic rings. The summed E-state index contributed by atoms with van der Waals surface area (Å²) in [6, 6.07) is 7.04. The van der Waals surface area contributed by atoms with Gasteiger partial charge in [0.15, 0.2) is 9.84 Å². The van der Waals surface area contributed by atoms with Crippen LogP contribution in [0, 0.1) is 0 Å². The van der Waals surface area contributed by atoms with E-state index in [0.717, 1.165) is 24.4 Å². The lowest BCUT2D eigenvalue weighted by atomic mass is 10.1. The van der Waals surface area contributed by atoms with Gasteiger partial charge in [-0.1, -0.05) is 12.1 Å². The SMILES string of the molecule is CN(CS)CCc1ccc(S(C)(=O)=O)cc1. The van der Waals surface area contributed by atoms with Gasteiger partial charge in [-0.2, -0.15) is 12.6 Å². The summed E-state index contributed by atoms with van der Waals surface area (Å²) in [6.45, 7) is 0.918. The number of likely N-dealkylation sites (N-methyl/N-ethyl adjacent to an activating group) is 1. The Kier molecular flexibility index (Phi) is 4.83. The maximum Gasteiger partial charge on any atom is 0.175 e. The molecule has 0 aromatic heterocycles. The minimum absolute atomic E-state index is 0.374. The van der Waals surface area contributed by atoms with Crippen molar-refractivity contribution in [2.24, 2.45) is 0 Å². The second-order valence-electron chi connectivity index (χ2n) is 3.89. The van der Waals surface area contributed by atoms with Crippen molar-refractivity contribution in [3.8, 4) is 0 Å². The number of sulfone groups is 1. The van der Waals surface area contributed by atoms with Gasteiger partial charge in [-0.15, -0.1) is 0 Å². The summed E-state index contributed by atoms with van der Waals surface area (Å²) in [5.41, 5.74) is 1.14. The summed E-state index contributed by atoms with van der Waals surface area (Å²) >= 11 is 4.16. The van der Waals surface area contributed by atoms with E-state index >= 15 is 0 Å². The Morgan fingerprint density at radius 3 is 2.25 bits per heavy atom. The maximum absolute atomic E-state index is 11.2. The molecule has 0 saturated heterocycles. The molecule has 0 fully saturated rings. The predicted molar refractivity (Wildman–Crippen MR) is 69.7 cm³/mol. The monoisotopic (exact) mass is 259 g/mol. The Hall–Kier alpha value is -0.520. The standard InChI is InChI=1S/C11H17NO2S2/c1-12(9-15)8-7-10-3-5-11(6-4-10)16(2,13)14/h3-6,15H,7-9H2,1-2H3. The molecule has 0 aliphatic carbocycles. The van der Waals surface area contributed by atoms with Crippen molar-refractivity contribution in [2.45, 2.75) is 11.3 Å².